The third kappa shape index (κ3) is 4.59. The van der Waals surface area contributed by atoms with Crippen molar-refractivity contribution in [2.24, 2.45) is 7.05 Å². The number of nitrogens with zero attached hydrogens (tertiary/aromatic N) is 3. The molecule has 2 N–H and O–H groups in total. The Kier molecular flexibility index (Phi) is 5.75. The van der Waals surface area contributed by atoms with Crippen molar-refractivity contribution >= 4 is 21.7 Å². The van der Waals surface area contributed by atoms with Gasteiger partial charge in [-0.1, -0.05) is 30.3 Å². The number of sulfonamides is 1. The maximum Gasteiger partial charge on any atom is 0.319 e. The molecule has 162 valence electrons. The molecule has 1 fully saturated rings. The molecule has 1 aromatic heterocycles. The van der Waals surface area contributed by atoms with Crippen LogP contribution in [0.2, 0.25) is 0 Å². The molecule has 2 atom stereocenters. The predicted octanol–water partition coefficient (Wildman–Crippen LogP) is 2.54. The first-order chi connectivity index (χ1) is 14.8. The lowest BCUT2D eigenvalue weighted by atomic mass is 9.94. The van der Waals surface area contributed by atoms with Crippen molar-refractivity contribution in [1.29, 1.82) is 0 Å². The number of aryl methyl sites for hydroxylation is 1. The zero-order chi connectivity index (χ0) is 22.0. The van der Waals surface area contributed by atoms with Crippen LogP contribution in [0.4, 0.5) is 14.9 Å². The largest absolute Gasteiger partial charge is 0.339 e. The van der Waals surface area contributed by atoms with Gasteiger partial charge in [-0.25, -0.2) is 22.6 Å². The van der Waals surface area contributed by atoms with E-state index in [0.29, 0.717) is 5.69 Å². The Morgan fingerprint density at radius 2 is 1.81 bits per heavy atom. The smallest absolute Gasteiger partial charge is 0.319 e. The van der Waals surface area contributed by atoms with Gasteiger partial charge in [-0.2, -0.15) is 4.31 Å². The number of benzene rings is 2. The monoisotopic (exact) mass is 443 g/mol. The lowest BCUT2D eigenvalue weighted by Crippen LogP contribution is -2.42. The van der Waals surface area contributed by atoms with Crippen LogP contribution in [0.1, 0.15) is 11.5 Å². The summed E-state index contributed by atoms with van der Waals surface area (Å²) < 4.78 is 42.4. The van der Waals surface area contributed by atoms with Crippen LogP contribution in [0.15, 0.2) is 72.1 Å². The fourth-order valence-corrected chi connectivity index (χ4v) is 5.13. The fourth-order valence-electron chi connectivity index (χ4n) is 3.67. The Bertz CT molecular complexity index is 1170. The minimum atomic E-state index is -3.84. The normalized spacial score (nSPS) is 19.3. The highest BCUT2D eigenvalue weighted by Gasteiger charge is 2.41. The number of amides is 2. The number of hydrogen-bond acceptors (Lipinski definition) is 4. The van der Waals surface area contributed by atoms with E-state index in [2.05, 4.69) is 15.6 Å². The molecule has 0 spiro atoms. The zero-order valence-corrected chi connectivity index (χ0v) is 17.6. The zero-order valence-electron chi connectivity index (χ0n) is 16.8. The van der Waals surface area contributed by atoms with E-state index in [1.807, 2.05) is 6.07 Å². The van der Waals surface area contributed by atoms with Gasteiger partial charge in [-0.15, -0.1) is 0 Å². The number of carbonyl (C=O) groups excluding carboxylic acids is 1. The highest BCUT2D eigenvalue weighted by atomic mass is 32.2. The van der Waals surface area contributed by atoms with E-state index in [1.165, 1.54) is 29.0 Å². The van der Waals surface area contributed by atoms with Gasteiger partial charge in [0.2, 0.25) is 0 Å². The highest BCUT2D eigenvalue weighted by Crippen LogP contribution is 2.31. The molecule has 4 rings (SSSR count). The number of hydrogen-bond donors (Lipinski definition) is 2. The van der Waals surface area contributed by atoms with Crippen LogP contribution in [0.25, 0.3) is 0 Å². The van der Waals surface area contributed by atoms with Gasteiger partial charge in [-0.05, 0) is 29.8 Å². The Morgan fingerprint density at radius 3 is 2.45 bits per heavy atom. The van der Waals surface area contributed by atoms with Crippen LogP contribution in [-0.2, 0) is 17.1 Å². The number of halogens is 1. The summed E-state index contributed by atoms with van der Waals surface area (Å²) in [5, 5.41) is 5.57. The van der Waals surface area contributed by atoms with Crippen LogP contribution >= 0.6 is 0 Å². The molecule has 1 aliphatic rings. The average molecular weight is 444 g/mol. The van der Waals surface area contributed by atoms with Crippen molar-refractivity contribution < 1.29 is 17.6 Å². The summed E-state index contributed by atoms with van der Waals surface area (Å²) in [7, 11) is -2.15. The number of nitrogens with one attached hydrogen (secondary N) is 2. The molecule has 2 aromatic carbocycles. The number of carbonyl (C=O) groups is 1. The molecular weight excluding hydrogens is 421 g/mol. The third-order valence-corrected chi connectivity index (χ3v) is 6.94. The van der Waals surface area contributed by atoms with Gasteiger partial charge in [-0.3, -0.25) is 0 Å². The topological polar surface area (TPSA) is 96.3 Å². The summed E-state index contributed by atoms with van der Waals surface area (Å²) in [5.74, 6) is -0.730. The lowest BCUT2D eigenvalue weighted by Gasteiger charge is -2.20. The van der Waals surface area contributed by atoms with E-state index in [0.717, 1.165) is 5.56 Å². The second kappa shape index (κ2) is 8.48. The summed E-state index contributed by atoms with van der Waals surface area (Å²) in [4.78, 5) is 16.5. The Hall–Kier alpha value is -3.24. The Labute approximate surface area is 179 Å². The number of para-hydroxylation sites is 1. The van der Waals surface area contributed by atoms with E-state index < -0.39 is 22.1 Å². The maximum atomic E-state index is 13.4. The van der Waals surface area contributed by atoms with E-state index >= 15 is 0 Å². The van der Waals surface area contributed by atoms with Crippen LogP contribution in [0.3, 0.4) is 0 Å². The van der Waals surface area contributed by atoms with Crippen molar-refractivity contribution in [2.75, 3.05) is 18.4 Å². The van der Waals surface area contributed by atoms with Crippen LogP contribution in [-0.4, -0.2) is 47.4 Å². The van der Waals surface area contributed by atoms with Crippen molar-refractivity contribution in [3.63, 3.8) is 0 Å². The first-order valence-corrected chi connectivity index (χ1v) is 11.1. The molecule has 3 aromatic rings. The minimum absolute atomic E-state index is 0.0535. The molecule has 31 heavy (non-hydrogen) atoms. The molecule has 2 heterocycles. The fraction of sp³-hybridized carbons (Fsp3) is 0.238. The average Bonchev–Trinajstić information content (AvgIpc) is 3.37. The summed E-state index contributed by atoms with van der Waals surface area (Å²) in [5.41, 5.74) is 1.36. The van der Waals surface area contributed by atoms with Crippen LogP contribution in [0, 0.1) is 5.82 Å². The van der Waals surface area contributed by atoms with Crippen molar-refractivity contribution in [2.45, 2.75) is 17.0 Å². The third-order valence-electron chi connectivity index (χ3n) is 5.22. The molecule has 1 saturated heterocycles. The quantitative estimate of drug-likeness (QED) is 0.633. The van der Waals surface area contributed by atoms with Gasteiger partial charge in [0.15, 0.2) is 5.03 Å². The van der Waals surface area contributed by atoms with Gasteiger partial charge >= 0.3 is 6.03 Å². The van der Waals surface area contributed by atoms with Gasteiger partial charge in [0.05, 0.1) is 12.4 Å². The number of aromatic nitrogens is 2. The predicted molar refractivity (Wildman–Crippen MR) is 113 cm³/mol. The molecule has 0 aliphatic carbocycles. The maximum absolute atomic E-state index is 13.4. The Morgan fingerprint density at radius 1 is 1.10 bits per heavy atom. The van der Waals surface area contributed by atoms with Crippen LogP contribution < -0.4 is 10.6 Å². The molecule has 0 radical (unpaired) electrons. The number of urea groups is 1. The molecular formula is C21H22FN5O3S. The van der Waals surface area contributed by atoms with Crippen LogP contribution in [0.5, 0.6) is 0 Å². The molecule has 8 nitrogen and oxygen atoms in total. The second-order valence-corrected chi connectivity index (χ2v) is 9.31. The second-order valence-electron chi connectivity index (χ2n) is 7.43. The van der Waals surface area contributed by atoms with Gasteiger partial charge in [0.1, 0.15) is 5.82 Å². The molecule has 0 saturated carbocycles. The molecule has 2 amide bonds. The molecule has 0 unspecified atom stereocenters. The van der Waals surface area contributed by atoms with E-state index in [-0.39, 0.29) is 29.9 Å². The number of imidazole rings is 1. The Balaban J connectivity index is 1.57. The van der Waals surface area contributed by atoms with Crippen molar-refractivity contribution in [1.82, 2.24) is 19.2 Å². The molecule has 1 aliphatic heterocycles. The summed E-state index contributed by atoms with van der Waals surface area (Å²) >= 11 is 0. The molecule has 0 bridgehead atoms. The van der Waals surface area contributed by atoms with Crippen molar-refractivity contribution in [3.05, 3.63) is 78.5 Å². The van der Waals surface area contributed by atoms with E-state index in [4.69, 9.17) is 0 Å². The first-order valence-electron chi connectivity index (χ1n) is 9.69. The summed E-state index contributed by atoms with van der Waals surface area (Å²) in [6.07, 6.45) is 2.86. The standard InChI is InChI=1S/C21H22FN5O3S/c1-26-13-20(23-14-26)31(29,30)27-11-18(15-7-9-16(22)10-8-15)19(12-27)25-21(28)24-17-5-3-2-4-6-17/h2-10,13-14,18-19H,11-12H2,1H3,(H2,24,25,28)/t18-,19+/m1/s1. The SMILES string of the molecule is Cn1cnc(S(=O)(=O)N2C[C@H](NC(=O)Nc3ccccc3)[C@@H](c3ccc(F)cc3)C2)c1. The summed E-state index contributed by atoms with van der Waals surface area (Å²) in [6, 6.07) is 13.9. The van der Waals surface area contributed by atoms with Gasteiger partial charge < -0.3 is 15.2 Å². The van der Waals surface area contributed by atoms with E-state index in [1.54, 1.807) is 48.0 Å². The first kappa shape index (κ1) is 21.0. The lowest BCUT2D eigenvalue weighted by molar-refractivity contribution is 0.248. The minimum Gasteiger partial charge on any atom is -0.339 e. The molecule has 10 heteroatoms. The van der Waals surface area contributed by atoms with Crippen molar-refractivity contribution in [3.8, 4) is 0 Å². The van der Waals surface area contributed by atoms with Gasteiger partial charge in [0, 0.05) is 37.9 Å². The number of anilines is 1. The van der Waals surface area contributed by atoms with E-state index in [9.17, 15) is 17.6 Å². The number of rotatable bonds is 5. The summed E-state index contributed by atoms with van der Waals surface area (Å²) in [6.45, 7) is 0.212. The van der Waals surface area contributed by atoms with Gasteiger partial charge in [0.25, 0.3) is 10.0 Å². The highest BCUT2D eigenvalue weighted by molar-refractivity contribution is 7.89.